The van der Waals surface area contributed by atoms with Crippen molar-refractivity contribution in [2.75, 3.05) is 0 Å². The van der Waals surface area contributed by atoms with Gasteiger partial charge >= 0.3 is 5.97 Å². The molecule has 1 N–H and O–H groups in total. The van der Waals surface area contributed by atoms with E-state index < -0.39 is 5.97 Å². The summed E-state index contributed by atoms with van der Waals surface area (Å²) < 4.78 is 5.56. The van der Waals surface area contributed by atoms with Crippen molar-refractivity contribution in [1.29, 1.82) is 0 Å². The van der Waals surface area contributed by atoms with Crippen molar-refractivity contribution in [2.45, 2.75) is 6.92 Å². The van der Waals surface area contributed by atoms with Crippen LogP contribution in [0.1, 0.15) is 16.1 Å². The third kappa shape index (κ3) is 2.06. The quantitative estimate of drug-likeness (QED) is 0.760. The maximum atomic E-state index is 10.9. The Morgan fingerprint density at radius 3 is 2.79 bits per heavy atom. The SMILES string of the molecule is Cc1cccc(-c2nc3ccc(C(=O)O)cc3o2)n1. The zero-order chi connectivity index (χ0) is 13.4. The predicted molar refractivity (Wildman–Crippen MR) is 68.9 cm³/mol. The molecule has 5 nitrogen and oxygen atoms in total. The normalized spacial score (nSPS) is 10.8. The molecule has 0 saturated carbocycles. The summed E-state index contributed by atoms with van der Waals surface area (Å²) in [6.45, 7) is 1.88. The van der Waals surface area contributed by atoms with E-state index in [-0.39, 0.29) is 5.56 Å². The molecule has 0 bridgehead atoms. The molecule has 0 radical (unpaired) electrons. The lowest BCUT2D eigenvalue weighted by Crippen LogP contribution is -1.94. The number of hydrogen-bond acceptors (Lipinski definition) is 4. The minimum atomic E-state index is -0.992. The van der Waals surface area contributed by atoms with Crippen molar-refractivity contribution in [1.82, 2.24) is 9.97 Å². The van der Waals surface area contributed by atoms with Crippen LogP contribution in [-0.2, 0) is 0 Å². The number of carboxylic acids is 1. The summed E-state index contributed by atoms with van der Waals surface area (Å²) in [6, 6.07) is 10.1. The van der Waals surface area contributed by atoms with Crippen molar-refractivity contribution in [3.8, 4) is 11.6 Å². The number of aromatic nitrogens is 2. The smallest absolute Gasteiger partial charge is 0.335 e. The van der Waals surface area contributed by atoms with Gasteiger partial charge in [0.1, 0.15) is 11.2 Å². The van der Waals surface area contributed by atoms with Crippen LogP contribution in [0.5, 0.6) is 0 Å². The molecule has 0 spiro atoms. The van der Waals surface area contributed by atoms with E-state index in [9.17, 15) is 4.79 Å². The maximum Gasteiger partial charge on any atom is 0.335 e. The lowest BCUT2D eigenvalue weighted by molar-refractivity contribution is 0.0697. The Bertz CT molecular complexity index is 777. The predicted octanol–water partition coefficient (Wildman–Crippen LogP) is 2.90. The molecule has 3 rings (SSSR count). The first kappa shape index (κ1) is 11.4. The van der Waals surface area contributed by atoms with Crippen molar-refractivity contribution in [3.05, 3.63) is 47.7 Å². The van der Waals surface area contributed by atoms with Gasteiger partial charge in [-0.2, -0.15) is 0 Å². The summed E-state index contributed by atoms with van der Waals surface area (Å²) in [5.74, 6) is -0.602. The Morgan fingerprint density at radius 1 is 1.21 bits per heavy atom. The molecule has 0 amide bonds. The van der Waals surface area contributed by atoms with E-state index in [1.807, 2.05) is 19.1 Å². The molecule has 0 aliphatic heterocycles. The molecule has 2 heterocycles. The number of aromatic carboxylic acids is 1. The van der Waals surface area contributed by atoms with E-state index in [0.29, 0.717) is 22.7 Å². The van der Waals surface area contributed by atoms with Crippen molar-refractivity contribution in [2.24, 2.45) is 0 Å². The summed E-state index contributed by atoms with van der Waals surface area (Å²) in [6.07, 6.45) is 0. The molecular formula is C14H10N2O3. The third-order valence-corrected chi connectivity index (χ3v) is 2.74. The highest BCUT2D eigenvalue weighted by Crippen LogP contribution is 2.23. The van der Waals surface area contributed by atoms with Gasteiger partial charge in [0.05, 0.1) is 5.56 Å². The van der Waals surface area contributed by atoms with E-state index in [1.165, 1.54) is 12.1 Å². The van der Waals surface area contributed by atoms with Crippen LogP contribution in [-0.4, -0.2) is 21.0 Å². The van der Waals surface area contributed by atoms with Gasteiger partial charge in [-0.25, -0.2) is 14.8 Å². The monoisotopic (exact) mass is 254 g/mol. The lowest BCUT2D eigenvalue weighted by Gasteiger charge is -1.95. The number of carbonyl (C=O) groups is 1. The van der Waals surface area contributed by atoms with Crippen LogP contribution in [0.4, 0.5) is 0 Å². The molecule has 0 saturated heterocycles. The first-order valence-electron chi connectivity index (χ1n) is 5.71. The fraction of sp³-hybridized carbons (Fsp3) is 0.0714. The third-order valence-electron chi connectivity index (χ3n) is 2.74. The zero-order valence-electron chi connectivity index (χ0n) is 10.1. The van der Waals surface area contributed by atoms with Gasteiger partial charge in [0.2, 0.25) is 5.89 Å². The second kappa shape index (κ2) is 4.20. The van der Waals surface area contributed by atoms with Gasteiger partial charge in [-0.3, -0.25) is 0 Å². The van der Waals surface area contributed by atoms with E-state index >= 15 is 0 Å². The number of pyridine rings is 1. The number of oxazole rings is 1. The second-order valence-corrected chi connectivity index (χ2v) is 4.17. The summed E-state index contributed by atoms with van der Waals surface area (Å²) in [4.78, 5) is 19.5. The number of benzene rings is 1. The Kier molecular flexibility index (Phi) is 2.52. The van der Waals surface area contributed by atoms with Crippen LogP contribution in [0.2, 0.25) is 0 Å². The molecule has 0 fully saturated rings. The van der Waals surface area contributed by atoms with Crippen molar-refractivity contribution >= 4 is 17.1 Å². The molecule has 3 aromatic rings. The van der Waals surface area contributed by atoms with Gasteiger partial charge in [0.25, 0.3) is 0 Å². The van der Waals surface area contributed by atoms with Crippen LogP contribution in [0.15, 0.2) is 40.8 Å². The van der Waals surface area contributed by atoms with Gasteiger partial charge in [-0.1, -0.05) is 6.07 Å². The topological polar surface area (TPSA) is 76.2 Å². The van der Waals surface area contributed by atoms with Crippen LogP contribution < -0.4 is 0 Å². The molecule has 94 valence electrons. The molecular weight excluding hydrogens is 244 g/mol. The largest absolute Gasteiger partial charge is 0.478 e. The maximum absolute atomic E-state index is 10.9. The van der Waals surface area contributed by atoms with Gasteiger partial charge in [0, 0.05) is 5.69 Å². The summed E-state index contributed by atoms with van der Waals surface area (Å²) in [5, 5.41) is 8.93. The molecule has 0 unspecified atom stereocenters. The summed E-state index contributed by atoms with van der Waals surface area (Å²) >= 11 is 0. The van der Waals surface area contributed by atoms with Crippen molar-refractivity contribution in [3.63, 3.8) is 0 Å². The average molecular weight is 254 g/mol. The van der Waals surface area contributed by atoms with Gasteiger partial charge in [-0.05, 0) is 37.3 Å². The van der Waals surface area contributed by atoms with E-state index in [2.05, 4.69) is 9.97 Å². The first-order valence-corrected chi connectivity index (χ1v) is 5.71. The Balaban J connectivity index is 2.14. The Labute approximate surface area is 108 Å². The standard InChI is InChI=1S/C14H10N2O3/c1-8-3-2-4-11(15-8)13-16-10-6-5-9(14(17)18)7-12(10)19-13/h2-7H,1H3,(H,17,18). The Hall–Kier alpha value is -2.69. The second-order valence-electron chi connectivity index (χ2n) is 4.17. The number of nitrogens with zero attached hydrogens (tertiary/aromatic N) is 2. The van der Waals surface area contributed by atoms with Gasteiger partial charge in [-0.15, -0.1) is 0 Å². The van der Waals surface area contributed by atoms with E-state index in [4.69, 9.17) is 9.52 Å². The average Bonchev–Trinajstić information content (AvgIpc) is 2.81. The highest BCUT2D eigenvalue weighted by atomic mass is 16.4. The van der Waals surface area contributed by atoms with Gasteiger partial charge < -0.3 is 9.52 Å². The number of carboxylic acid groups (broad SMARTS) is 1. The number of hydrogen-bond donors (Lipinski definition) is 1. The minimum Gasteiger partial charge on any atom is -0.478 e. The molecule has 0 aliphatic rings. The highest BCUT2D eigenvalue weighted by molar-refractivity contribution is 5.92. The minimum absolute atomic E-state index is 0.174. The van der Waals surface area contributed by atoms with E-state index in [1.54, 1.807) is 12.1 Å². The Morgan fingerprint density at radius 2 is 2.05 bits per heavy atom. The number of fused-ring (bicyclic) bond motifs is 1. The molecule has 0 aliphatic carbocycles. The number of aryl methyl sites for hydroxylation is 1. The molecule has 2 aromatic heterocycles. The molecule has 0 atom stereocenters. The van der Waals surface area contributed by atoms with Crippen LogP contribution >= 0.6 is 0 Å². The zero-order valence-corrected chi connectivity index (χ0v) is 10.1. The number of rotatable bonds is 2. The van der Waals surface area contributed by atoms with Crippen molar-refractivity contribution < 1.29 is 14.3 Å². The highest BCUT2D eigenvalue weighted by Gasteiger charge is 2.11. The fourth-order valence-electron chi connectivity index (χ4n) is 1.83. The van der Waals surface area contributed by atoms with Crippen LogP contribution in [0.3, 0.4) is 0 Å². The lowest BCUT2D eigenvalue weighted by atomic mass is 10.2. The van der Waals surface area contributed by atoms with Crippen LogP contribution in [0.25, 0.3) is 22.7 Å². The van der Waals surface area contributed by atoms with Crippen LogP contribution in [0, 0.1) is 6.92 Å². The summed E-state index contributed by atoms with van der Waals surface area (Å²) in [7, 11) is 0. The first-order chi connectivity index (χ1) is 9.13. The van der Waals surface area contributed by atoms with E-state index in [0.717, 1.165) is 5.69 Å². The fourth-order valence-corrected chi connectivity index (χ4v) is 1.83. The molecule has 1 aromatic carbocycles. The summed E-state index contributed by atoms with van der Waals surface area (Å²) in [5.41, 5.74) is 2.73. The van der Waals surface area contributed by atoms with Gasteiger partial charge in [0.15, 0.2) is 5.58 Å². The molecule has 5 heteroatoms. The molecule has 19 heavy (non-hydrogen) atoms.